The van der Waals surface area contributed by atoms with Crippen LogP contribution in [0.2, 0.25) is 0 Å². The Bertz CT molecular complexity index is 732. The maximum atomic E-state index is 12.4. The van der Waals surface area contributed by atoms with Crippen LogP contribution in [0, 0.1) is 20.8 Å². The van der Waals surface area contributed by atoms with Gasteiger partial charge in [0, 0.05) is 18.0 Å². The second-order valence-corrected chi connectivity index (χ2v) is 5.36. The van der Waals surface area contributed by atoms with Crippen molar-refractivity contribution >= 4 is 11.6 Å². The minimum absolute atomic E-state index is 0.177. The highest BCUT2D eigenvalue weighted by molar-refractivity contribution is 5.94. The molecule has 0 spiro atoms. The van der Waals surface area contributed by atoms with Gasteiger partial charge in [0.2, 0.25) is 5.91 Å². The summed E-state index contributed by atoms with van der Waals surface area (Å²) in [5.74, 6) is -0.198. The minimum atomic E-state index is -0.558. The van der Waals surface area contributed by atoms with E-state index in [0.717, 1.165) is 22.4 Å². The fourth-order valence-corrected chi connectivity index (χ4v) is 2.17. The van der Waals surface area contributed by atoms with E-state index >= 15 is 0 Å². The number of amides is 1. The highest BCUT2D eigenvalue weighted by Gasteiger charge is 2.17. The molecule has 2 aromatic rings. The molecule has 1 aromatic heterocycles. The van der Waals surface area contributed by atoms with Crippen molar-refractivity contribution < 1.29 is 4.79 Å². The Kier molecular flexibility index (Phi) is 4.26. The molecule has 4 nitrogen and oxygen atoms in total. The van der Waals surface area contributed by atoms with Crippen molar-refractivity contribution in [3.63, 3.8) is 0 Å². The van der Waals surface area contributed by atoms with Gasteiger partial charge in [0.1, 0.15) is 6.04 Å². The number of anilines is 1. The van der Waals surface area contributed by atoms with Crippen LogP contribution in [-0.4, -0.2) is 10.5 Å². The van der Waals surface area contributed by atoms with Crippen molar-refractivity contribution in [3.8, 4) is 0 Å². The Labute approximate surface area is 124 Å². The van der Waals surface area contributed by atoms with E-state index < -0.39 is 6.04 Å². The van der Waals surface area contributed by atoms with Crippen LogP contribution in [0.15, 0.2) is 41.3 Å². The quantitative estimate of drug-likeness (QED) is 0.942. The number of aromatic nitrogens is 1. The molecule has 2 rings (SSSR count). The van der Waals surface area contributed by atoms with E-state index in [1.165, 1.54) is 10.6 Å². The van der Waals surface area contributed by atoms with Crippen molar-refractivity contribution in [1.29, 1.82) is 0 Å². The molecule has 1 amide bonds. The number of benzene rings is 1. The Morgan fingerprint density at radius 3 is 2.57 bits per heavy atom. The summed E-state index contributed by atoms with van der Waals surface area (Å²) in [5.41, 5.74) is 3.71. The van der Waals surface area contributed by atoms with Crippen LogP contribution < -0.4 is 10.9 Å². The summed E-state index contributed by atoms with van der Waals surface area (Å²) in [4.78, 5) is 24.2. The summed E-state index contributed by atoms with van der Waals surface area (Å²) in [5, 5.41) is 2.90. The highest BCUT2D eigenvalue weighted by atomic mass is 16.2. The zero-order chi connectivity index (χ0) is 15.6. The molecule has 1 N–H and O–H groups in total. The summed E-state index contributed by atoms with van der Waals surface area (Å²) in [6.45, 7) is 7.58. The van der Waals surface area contributed by atoms with Gasteiger partial charge >= 0.3 is 0 Å². The van der Waals surface area contributed by atoms with Crippen molar-refractivity contribution in [1.82, 2.24) is 4.57 Å². The fraction of sp³-hybridized carbons (Fsp3) is 0.294. The minimum Gasteiger partial charge on any atom is -0.324 e. The van der Waals surface area contributed by atoms with Crippen molar-refractivity contribution in [2.45, 2.75) is 33.7 Å². The van der Waals surface area contributed by atoms with Gasteiger partial charge in [-0.05, 0) is 50.5 Å². The number of hydrogen-bond acceptors (Lipinski definition) is 2. The Morgan fingerprint density at radius 2 is 1.86 bits per heavy atom. The highest BCUT2D eigenvalue weighted by Crippen LogP contribution is 2.19. The van der Waals surface area contributed by atoms with Gasteiger partial charge in [0.15, 0.2) is 0 Å². The molecule has 0 aliphatic rings. The largest absolute Gasteiger partial charge is 0.324 e. The van der Waals surface area contributed by atoms with E-state index in [2.05, 4.69) is 5.32 Å². The molecule has 1 aromatic carbocycles. The van der Waals surface area contributed by atoms with Gasteiger partial charge in [-0.2, -0.15) is 0 Å². The second kappa shape index (κ2) is 5.95. The molecule has 0 saturated carbocycles. The average Bonchev–Trinajstić information content (AvgIpc) is 2.45. The van der Waals surface area contributed by atoms with E-state index in [1.54, 1.807) is 19.2 Å². The smallest absolute Gasteiger partial charge is 0.251 e. The number of nitrogens with zero attached hydrogens (tertiary/aromatic N) is 1. The molecule has 110 valence electrons. The van der Waals surface area contributed by atoms with Crippen molar-refractivity contribution in [2.75, 3.05) is 5.32 Å². The number of hydrogen-bond donors (Lipinski definition) is 1. The van der Waals surface area contributed by atoms with Crippen LogP contribution in [-0.2, 0) is 4.79 Å². The predicted molar refractivity (Wildman–Crippen MR) is 84.7 cm³/mol. The lowest BCUT2D eigenvalue weighted by molar-refractivity contribution is -0.118. The summed E-state index contributed by atoms with van der Waals surface area (Å²) < 4.78 is 1.45. The molecule has 1 heterocycles. The third-order valence-electron chi connectivity index (χ3n) is 3.75. The first-order valence-electron chi connectivity index (χ1n) is 6.96. The maximum absolute atomic E-state index is 12.4. The van der Waals surface area contributed by atoms with Gasteiger partial charge in [0.05, 0.1) is 0 Å². The van der Waals surface area contributed by atoms with Crippen LogP contribution >= 0.6 is 0 Å². The molecule has 0 bridgehead atoms. The molecular weight excluding hydrogens is 264 g/mol. The molecule has 0 aliphatic heterocycles. The van der Waals surface area contributed by atoms with E-state index in [4.69, 9.17) is 0 Å². The monoisotopic (exact) mass is 284 g/mol. The number of rotatable bonds is 3. The van der Waals surface area contributed by atoms with Gasteiger partial charge < -0.3 is 9.88 Å². The van der Waals surface area contributed by atoms with E-state index in [1.807, 2.05) is 39.0 Å². The predicted octanol–water partition coefficient (Wildman–Crippen LogP) is 2.97. The maximum Gasteiger partial charge on any atom is 0.251 e. The van der Waals surface area contributed by atoms with Gasteiger partial charge in [-0.25, -0.2) is 0 Å². The van der Waals surface area contributed by atoms with Gasteiger partial charge in [0.25, 0.3) is 5.56 Å². The first kappa shape index (κ1) is 15.0. The lowest BCUT2D eigenvalue weighted by atomic mass is 10.1. The van der Waals surface area contributed by atoms with Crippen molar-refractivity contribution in [3.05, 3.63) is 63.6 Å². The van der Waals surface area contributed by atoms with Gasteiger partial charge in [-0.15, -0.1) is 0 Å². The van der Waals surface area contributed by atoms with Crippen LogP contribution in [0.25, 0.3) is 0 Å². The summed E-state index contributed by atoms with van der Waals surface area (Å²) in [6, 6.07) is 8.44. The average molecular weight is 284 g/mol. The molecule has 4 heteroatoms. The van der Waals surface area contributed by atoms with Crippen LogP contribution in [0.5, 0.6) is 0 Å². The molecular formula is C17H20N2O2. The lowest BCUT2D eigenvalue weighted by Gasteiger charge is -2.17. The van der Waals surface area contributed by atoms with Crippen LogP contribution in [0.3, 0.4) is 0 Å². The lowest BCUT2D eigenvalue weighted by Crippen LogP contribution is -2.31. The number of carbonyl (C=O) groups is 1. The topological polar surface area (TPSA) is 51.1 Å². The summed E-state index contributed by atoms with van der Waals surface area (Å²) >= 11 is 0. The van der Waals surface area contributed by atoms with Crippen LogP contribution in [0.1, 0.15) is 29.7 Å². The Hall–Kier alpha value is -2.36. The Balaban J connectivity index is 2.26. The van der Waals surface area contributed by atoms with E-state index in [9.17, 15) is 9.59 Å². The standard InChI is InChI=1S/C17H20N2O2/c1-11-8-9-16(20)19(10-11)14(4)17(21)18-15-7-5-6-12(2)13(15)3/h5-10,14H,1-4H3,(H,18,21). The number of carbonyl (C=O) groups excluding carboxylic acids is 1. The van der Waals surface area contributed by atoms with E-state index in [-0.39, 0.29) is 11.5 Å². The third-order valence-corrected chi connectivity index (χ3v) is 3.75. The number of nitrogens with one attached hydrogen (secondary N) is 1. The molecule has 0 saturated heterocycles. The van der Waals surface area contributed by atoms with Crippen molar-refractivity contribution in [2.24, 2.45) is 0 Å². The first-order valence-corrected chi connectivity index (χ1v) is 6.96. The fourth-order valence-electron chi connectivity index (χ4n) is 2.17. The van der Waals surface area contributed by atoms with Gasteiger partial charge in [-0.1, -0.05) is 18.2 Å². The van der Waals surface area contributed by atoms with Gasteiger partial charge in [-0.3, -0.25) is 9.59 Å². The third kappa shape index (κ3) is 3.21. The molecule has 0 aliphatic carbocycles. The summed E-state index contributed by atoms with van der Waals surface area (Å²) in [7, 11) is 0. The number of aryl methyl sites for hydroxylation is 2. The molecule has 1 atom stereocenters. The Morgan fingerprint density at radius 1 is 1.14 bits per heavy atom. The zero-order valence-corrected chi connectivity index (χ0v) is 12.8. The molecule has 21 heavy (non-hydrogen) atoms. The SMILES string of the molecule is Cc1ccc(=O)n(C(C)C(=O)Nc2cccc(C)c2C)c1. The van der Waals surface area contributed by atoms with E-state index in [0.29, 0.717) is 0 Å². The normalized spacial score (nSPS) is 12.0. The molecule has 1 unspecified atom stereocenters. The summed E-state index contributed by atoms with van der Waals surface area (Å²) in [6.07, 6.45) is 1.70. The van der Waals surface area contributed by atoms with Crippen LogP contribution in [0.4, 0.5) is 5.69 Å². The second-order valence-electron chi connectivity index (χ2n) is 5.36. The molecule has 0 radical (unpaired) electrons. The number of pyridine rings is 1. The first-order chi connectivity index (χ1) is 9.90. The molecule has 0 fully saturated rings. The zero-order valence-electron chi connectivity index (χ0n) is 12.8.